The number of nitrogens with two attached hydrogens (primary N) is 1. The van der Waals surface area contributed by atoms with E-state index in [1.165, 1.54) is 11.3 Å². The molecule has 2 aromatic heterocycles. The van der Waals surface area contributed by atoms with Gasteiger partial charge in [0.05, 0.1) is 11.0 Å². The Morgan fingerprint density at radius 1 is 1.36 bits per heavy atom. The molecule has 0 bridgehead atoms. The van der Waals surface area contributed by atoms with Gasteiger partial charge in [-0.3, -0.25) is 4.79 Å². The minimum atomic E-state index is -0.419. The zero-order valence-corrected chi connectivity index (χ0v) is 15.0. The summed E-state index contributed by atoms with van der Waals surface area (Å²) in [7, 11) is 0. The maximum atomic E-state index is 12.3. The third-order valence-corrected chi connectivity index (χ3v) is 4.57. The lowest BCUT2D eigenvalue weighted by Gasteiger charge is -2.08. The Labute approximate surface area is 153 Å². The van der Waals surface area contributed by atoms with Crippen molar-refractivity contribution in [1.29, 1.82) is 0 Å². The summed E-state index contributed by atoms with van der Waals surface area (Å²) in [6, 6.07) is 6.64. The maximum absolute atomic E-state index is 12.3. The molecule has 1 atom stereocenters. The number of carbonyl (C=O) groups is 1. The average Bonchev–Trinajstić information content (AvgIpc) is 3.25. The summed E-state index contributed by atoms with van der Waals surface area (Å²) in [5, 5.41) is 9.91. The fourth-order valence-electron chi connectivity index (χ4n) is 2.11. The Bertz CT molecular complexity index is 862. The summed E-state index contributed by atoms with van der Waals surface area (Å²) in [4.78, 5) is 20.8. The number of rotatable bonds is 6. The monoisotopic (exact) mass is 377 g/mol. The first-order chi connectivity index (χ1) is 12.1. The van der Waals surface area contributed by atoms with Crippen molar-refractivity contribution in [3.05, 3.63) is 51.2 Å². The number of nitrogens with one attached hydrogen (secondary N) is 1. The normalized spacial score (nSPS) is 12.1. The highest BCUT2D eigenvalue weighted by Gasteiger charge is 2.19. The quantitative estimate of drug-likeness (QED) is 0.684. The first-order valence-corrected chi connectivity index (χ1v) is 8.87. The van der Waals surface area contributed by atoms with Gasteiger partial charge in [0.1, 0.15) is 5.69 Å². The Balaban J connectivity index is 1.67. The molecule has 0 spiro atoms. The molecule has 1 aromatic carbocycles. The van der Waals surface area contributed by atoms with Crippen molar-refractivity contribution in [2.24, 2.45) is 5.73 Å². The third kappa shape index (κ3) is 4.22. The second-order valence-corrected chi connectivity index (χ2v) is 6.70. The molecule has 0 aliphatic heterocycles. The van der Waals surface area contributed by atoms with Crippen LogP contribution in [-0.4, -0.2) is 27.6 Å². The van der Waals surface area contributed by atoms with E-state index in [0.717, 1.165) is 10.6 Å². The molecule has 0 aliphatic rings. The molecule has 1 amide bonds. The third-order valence-electron chi connectivity index (χ3n) is 3.41. The van der Waals surface area contributed by atoms with Gasteiger partial charge in [-0.05, 0) is 37.7 Å². The van der Waals surface area contributed by atoms with E-state index in [1.807, 2.05) is 0 Å². The molecule has 7 nitrogen and oxygen atoms in total. The maximum Gasteiger partial charge on any atom is 0.271 e. The molecule has 0 fully saturated rings. The number of hydrogen-bond acceptors (Lipinski definition) is 7. The summed E-state index contributed by atoms with van der Waals surface area (Å²) in [5.74, 6) is 0.465. The summed E-state index contributed by atoms with van der Waals surface area (Å²) >= 11 is 7.28. The number of hydrogen-bond donors (Lipinski definition) is 2. The van der Waals surface area contributed by atoms with Crippen molar-refractivity contribution < 1.29 is 9.32 Å². The van der Waals surface area contributed by atoms with Crippen LogP contribution in [0.3, 0.4) is 0 Å². The van der Waals surface area contributed by atoms with Crippen LogP contribution in [0.1, 0.15) is 34.3 Å². The topological polar surface area (TPSA) is 107 Å². The molecule has 0 radical (unpaired) electrons. The van der Waals surface area contributed by atoms with Gasteiger partial charge in [0.25, 0.3) is 11.8 Å². The number of benzene rings is 1. The van der Waals surface area contributed by atoms with Gasteiger partial charge in [-0.25, -0.2) is 4.98 Å². The van der Waals surface area contributed by atoms with E-state index in [1.54, 1.807) is 36.6 Å². The summed E-state index contributed by atoms with van der Waals surface area (Å²) in [6.07, 6.45) is 0.656. The Hall–Kier alpha value is -2.29. The van der Waals surface area contributed by atoms with Gasteiger partial charge < -0.3 is 15.6 Å². The van der Waals surface area contributed by atoms with E-state index in [-0.39, 0.29) is 5.91 Å². The van der Waals surface area contributed by atoms with Crippen LogP contribution in [-0.2, 0) is 6.42 Å². The van der Waals surface area contributed by atoms with Gasteiger partial charge in [-0.15, -0.1) is 11.3 Å². The summed E-state index contributed by atoms with van der Waals surface area (Å²) in [5.41, 5.74) is 6.61. The first kappa shape index (κ1) is 17.5. The van der Waals surface area contributed by atoms with E-state index in [0.29, 0.717) is 35.4 Å². The minimum Gasteiger partial charge on any atom is -0.341 e. The fourth-order valence-corrected chi connectivity index (χ4v) is 3.03. The number of nitrogens with zero attached hydrogens (tertiary/aromatic N) is 3. The molecule has 2 heterocycles. The van der Waals surface area contributed by atoms with Gasteiger partial charge in [0, 0.05) is 22.4 Å². The molecular weight excluding hydrogens is 362 g/mol. The second kappa shape index (κ2) is 7.73. The summed E-state index contributed by atoms with van der Waals surface area (Å²) < 4.78 is 5.25. The van der Waals surface area contributed by atoms with Crippen molar-refractivity contribution in [3.63, 3.8) is 0 Å². The molecule has 25 heavy (non-hydrogen) atoms. The highest BCUT2D eigenvalue weighted by Crippen LogP contribution is 2.21. The van der Waals surface area contributed by atoms with E-state index in [9.17, 15) is 4.79 Å². The van der Waals surface area contributed by atoms with Crippen LogP contribution in [0.25, 0.3) is 11.5 Å². The van der Waals surface area contributed by atoms with E-state index in [4.69, 9.17) is 21.9 Å². The predicted octanol–water partition coefficient (Wildman–Crippen LogP) is 2.84. The van der Waals surface area contributed by atoms with Crippen LogP contribution >= 0.6 is 22.9 Å². The number of carbonyl (C=O) groups excluding carboxylic acids is 1. The molecule has 1 unspecified atom stereocenters. The lowest BCUT2D eigenvalue weighted by molar-refractivity contribution is 0.0933. The second-order valence-electron chi connectivity index (χ2n) is 5.32. The zero-order chi connectivity index (χ0) is 17.8. The predicted molar refractivity (Wildman–Crippen MR) is 95.5 cm³/mol. The lowest BCUT2D eigenvalue weighted by atomic mass is 10.2. The summed E-state index contributed by atoms with van der Waals surface area (Å²) in [6.45, 7) is 2.28. The number of halogens is 1. The fraction of sp³-hybridized carbons (Fsp3) is 0.250. The van der Waals surface area contributed by atoms with Crippen molar-refractivity contribution >= 4 is 28.8 Å². The zero-order valence-electron chi connectivity index (χ0n) is 13.4. The number of aromatic nitrogens is 3. The molecule has 3 aromatic rings. The van der Waals surface area contributed by atoms with Crippen LogP contribution in [0.4, 0.5) is 0 Å². The number of amides is 1. The highest BCUT2D eigenvalue weighted by atomic mass is 35.5. The molecular formula is C16H16ClN5O2S. The van der Waals surface area contributed by atoms with Crippen LogP contribution in [0.2, 0.25) is 5.02 Å². The molecule has 3 N–H and O–H groups in total. The van der Waals surface area contributed by atoms with Crippen LogP contribution in [0.15, 0.2) is 34.2 Å². The van der Waals surface area contributed by atoms with Gasteiger partial charge in [0.2, 0.25) is 0 Å². The van der Waals surface area contributed by atoms with Crippen molar-refractivity contribution in [3.8, 4) is 11.5 Å². The van der Waals surface area contributed by atoms with Gasteiger partial charge >= 0.3 is 0 Å². The van der Waals surface area contributed by atoms with Crippen LogP contribution in [0, 0.1) is 0 Å². The highest BCUT2D eigenvalue weighted by molar-refractivity contribution is 7.09. The molecule has 0 saturated carbocycles. The standard InChI is InChI=1S/C16H16ClN5O2S/c1-9(19-15(23)12-8-25-13(20-12)6-7-18)14-21-16(24-22-14)10-2-4-11(17)5-3-10/h2-5,8-9H,6-7,18H2,1H3,(H,19,23). The first-order valence-electron chi connectivity index (χ1n) is 7.61. The van der Waals surface area contributed by atoms with Gasteiger partial charge in [-0.1, -0.05) is 16.8 Å². The van der Waals surface area contributed by atoms with Gasteiger partial charge in [-0.2, -0.15) is 4.98 Å². The SMILES string of the molecule is CC(NC(=O)c1csc(CCN)n1)c1noc(-c2ccc(Cl)cc2)n1. The van der Waals surface area contributed by atoms with Crippen molar-refractivity contribution in [2.45, 2.75) is 19.4 Å². The molecule has 3 rings (SSSR count). The largest absolute Gasteiger partial charge is 0.341 e. The van der Waals surface area contributed by atoms with E-state index < -0.39 is 6.04 Å². The Morgan fingerprint density at radius 2 is 2.12 bits per heavy atom. The number of thiazole rings is 1. The Kier molecular flexibility index (Phi) is 5.42. The molecule has 130 valence electrons. The van der Waals surface area contributed by atoms with Gasteiger partial charge in [0.15, 0.2) is 5.82 Å². The van der Waals surface area contributed by atoms with Crippen molar-refractivity contribution in [2.75, 3.05) is 6.54 Å². The van der Waals surface area contributed by atoms with E-state index in [2.05, 4.69) is 20.4 Å². The molecule has 0 aliphatic carbocycles. The van der Waals surface area contributed by atoms with E-state index >= 15 is 0 Å². The average molecular weight is 378 g/mol. The lowest BCUT2D eigenvalue weighted by Crippen LogP contribution is -2.27. The van der Waals surface area contributed by atoms with Crippen LogP contribution in [0.5, 0.6) is 0 Å². The minimum absolute atomic E-state index is 0.287. The smallest absolute Gasteiger partial charge is 0.271 e. The van der Waals surface area contributed by atoms with Crippen molar-refractivity contribution in [1.82, 2.24) is 20.4 Å². The Morgan fingerprint density at radius 3 is 2.84 bits per heavy atom. The molecule has 9 heteroatoms. The molecule has 0 saturated heterocycles. The van der Waals surface area contributed by atoms with Crippen LogP contribution < -0.4 is 11.1 Å².